The van der Waals surface area contributed by atoms with Crippen molar-refractivity contribution in [3.63, 3.8) is 0 Å². The van der Waals surface area contributed by atoms with Crippen molar-refractivity contribution in [3.05, 3.63) is 231 Å². The van der Waals surface area contributed by atoms with Crippen LogP contribution in [0.2, 0.25) is 0 Å². The van der Waals surface area contributed by atoms with Crippen LogP contribution in [0.4, 0.5) is 0 Å². The average Bonchev–Trinajstić information content (AvgIpc) is 3.47. The standard InChI is InChI=1S/C75H108O6/c1-4-7-10-13-16-19-22-25-28-31-34-35-36-37-38-39-42-44-47-50-53-56-59-62-65-68-74(77)80-71-72(81-75(78)69-66-63-60-57-54-51-48-45-41-33-30-27-24-21-18-15-12-9-6-3)70-79-73(76)67-64-61-58-55-52-49-46-43-40-32-29-26-23-20-17-14-11-8-5-2/h7-12,16-21,25-30,34-35,37-38,40-45,49-54,58,60-61,63,72H,4-6,13-15,22-24,31-33,36,39,46-48,55-57,59,62,64-71H2,1-3H3/b10-7-,11-8-,12-9-,19-16-,20-17-,21-18-,28-25-,29-26-,30-27-,35-34-,38-37-,43-40-,44-42-,45-41-,52-49-,53-50-,54-51-,61-58-,63-60-. The zero-order valence-corrected chi connectivity index (χ0v) is 50.7. The van der Waals surface area contributed by atoms with Gasteiger partial charge in [-0.1, -0.05) is 258 Å². The lowest BCUT2D eigenvalue weighted by Crippen LogP contribution is -2.30. The number of rotatable bonds is 52. The Morgan fingerprint density at radius 1 is 0.247 bits per heavy atom. The fraction of sp³-hybridized carbons (Fsp3) is 0.453. The molecule has 6 heteroatoms. The first kappa shape index (κ1) is 74.5. The van der Waals surface area contributed by atoms with Gasteiger partial charge in [-0.25, -0.2) is 0 Å². The SMILES string of the molecule is CC/C=C\C/C=C\C/C=C\C/C=C\C/C=C\C/C=C\C/C=C\CCCCCC(=O)OCC(COC(=O)CC/C=C\C/C=C\C/C=C\C/C=C\C/C=C\C/C=C\CC)OC(=O)CC/C=C\C/C=C\C/C=C\C/C=C\C/C=C\C/C=C\CC. The van der Waals surface area contributed by atoms with E-state index in [2.05, 4.69) is 227 Å². The minimum atomic E-state index is -0.882. The van der Waals surface area contributed by atoms with Crippen LogP contribution in [0.15, 0.2) is 231 Å². The third-order valence-electron chi connectivity index (χ3n) is 11.7. The maximum Gasteiger partial charge on any atom is 0.306 e. The van der Waals surface area contributed by atoms with Crippen LogP contribution in [0.25, 0.3) is 0 Å². The van der Waals surface area contributed by atoms with Crippen molar-refractivity contribution in [2.75, 3.05) is 13.2 Å². The van der Waals surface area contributed by atoms with E-state index < -0.39 is 18.0 Å². The first-order valence-electron chi connectivity index (χ1n) is 30.9. The summed E-state index contributed by atoms with van der Waals surface area (Å²) in [6, 6.07) is 0. The molecule has 0 aliphatic carbocycles. The molecule has 0 spiro atoms. The van der Waals surface area contributed by atoms with E-state index in [0.717, 1.165) is 141 Å². The van der Waals surface area contributed by atoms with Gasteiger partial charge < -0.3 is 14.2 Å². The topological polar surface area (TPSA) is 78.9 Å². The van der Waals surface area contributed by atoms with Crippen LogP contribution in [-0.4, -0.2) is 37.2 Å². The smallest absolute Gasteiger partial charge is 0.306 e. The van der Waals surface area contributed by atoms with Gasteiger partial charge in [0.1, 0.15) is 13.2 Å². The molecule has 1 unspecified atom stereocenters. The molecule has 0 aromatic rings. The van der Waals surface area contributed by atoms with Crippen molar-refractivity contribution >= 4 is 17.9 Å². The fourth-order valence-electron chi connectivity index (χ4n) is 7.18. The van der Waals surface area contributed by atoms with Crippen LogP contribution in [0.5, 0.6) is 0 Å². The van der Waals surface area contributed by atoms with Crippen LogP contribution in [-0.2, 0) is 28.6 Å². The first-order valence-corrected chi connectivity index (χ1v) is 30.9. The molecule has 0 fully saturated rings. The number of ether oxygens (including phenoxy) is 3. The third-order valence-corrected chi connectivity index (χ3v) is 11.7. The lowest BCUT2D eigenvalue weighted by molar-refractivity contribution is -0.166. The molecule has 0 N–H and O–H groups in total. The summed E-state index contributed by atoms with van der Waals surface area (Å²) in [7, 11) is 0. The van der Waals surface area contributed by atoms with E-state index in [1.807, 2.05) is 24.3 Å². The highest BCUT2D eigenvalue weighted by molar-refractivity contribution is 5.71. The second kappa shape index (κ2) is 66.0. The molecular weight excluding hydrogens is 997 g/mol. The van der Waals surface area contributed by atoms with Crippen molar-refractivity contribution in [3.8, 4) is 0 Å². The van der Waals surface area contributed by atoms with Crippen molar-refractivity contribution in [1.82, 2.24) is 0 Å². The van der Waals surface area contributed by atoms with E-state index in [4.69, 9.17) is 14.2 Å². The van der Waals surface area contributed by atoms with Crippen LogP contribution in [0.3, 0.4) is 0 Å². The Morgan fingerprint density at radius 3 is 0.741 bits per heavy atom. The number of hydrogen-bond acceptors (Lipinski definition) is 6. The number of esters is 3. The molecule has 0 aromatic carbocycles. The maximum absolute atomic E-state index is 12.9. The van der Waals surface area contributed by atoms with Gasteiger partial charge in [0.05, 0.1) is 0 Å². The van der Waals surface area contributed by atoms with Gasteiger partial charge in [0.25, 0.3) is 0 Å². The summed E-state index contributed by atoms with van der Waals surface area (Å²) in [5, 5.41) is 0. The molecule has 81 heavy (non-hydrogen) atoms. The molecule has 6 nitrogen and oxygen atoms in total. The Kier molecular flexibility index (Phi) is 60.7. The molecule has 0 aromatic heterocycles. The van der Waals surface area contributed by atoms with E-state index in [1.165, 1.54) is 0 Å². The molecule has 0 bridgehead atoms. The molecule has 0 saturated carbocycles. The summed E-state index contributed by atoms with van der Waals surface area (Å²) in [4.78, 5) is 38.2. The summed E-state index contributed by atoms with van der Waals surface area (Å²) in [6.07, 6.45) is 105. The summed E-state index contributed by atoms with van der Waals surface area (Å²) < 4.78 is 16.7. The second-order valence-electron chi connectivity index (χ2n) is 19.1. The van der Waals surface area contributed by atoms with Crippen LogP contribution < -0.4 is 0 Å². The summed E-state index contributed by atoms with van der Waals surface area (Å²) in [6.45, 7) is 6.11. The lowest BCUT2D eigenvalue weighted by atomic mass is 10.1. The van der Waals surface area contributed by atoms with Gasteiger partial charge in [-0.3, -0.25) is 14.4 Å². The Balaban J connectivity index is 4.71. The highest BCUT2D eigenvalue weighted by atomic mass is 16.6. The fourth-order valence-corrected chi connectivity index (χ4v) is 7.18. The van der Waals surface area contributed by atoms with Crippen LogP contribution in [0.1, 0.15) is 201 Å². The molecule has 0 radical (unpaired) electrons. The normalized spacial score (nSPS) is 13.8. The zero-order valence-electron chi connectivity index (χ0n) is 50.7. The lowest BCUT2D eigenvalue weighted by Gasteiger charge is -2.18. The Labute approximate surface area is 494 Å². The Morgan fingerprint density at radius 2 is 0.469 bits per heavy atom. The highest BCUT2D eigenvalue weighted by Crippen LogP contribution is 2.09. The quantitative estimate of drug-likeness (QED) is 0.0261. The summed E-state index contributed by atoms with van der Waals surface area (Å²) >= 11 is 0. The number of allylic oxidation sites excluding steroid dienone is 38. The molecule has 444 valence electrons. The van der Waals surface area contributed by atoms with Gasteiger partial charge >= 0.3 is 17.9 Å². The third kappa shape index (κ3) is 64.2. The number of carbonyl (C=O) groups excluding carboxylic acids is 3. The van der Waals surface area contributed by atoms with E-state index in [9.17, 15) is 14.4 Å². The molecule has 1 atom stereocenters. The van der Waals surface area contributed by atoms with Gasteiger partial charge in [-0.2, -0.15) is 0 Å². The highest BCUT2D eigenvalue weighted by Gasteiger charge is 2.19. The van der Waals surface area contributed by atoms with E-state index in [0.29, 0.717) is 19.3 Å². The maximum atomic E-state index is 12.9. The van der Waals surface area contributed by atoms with E-state index in [-0.39, 0.29) is 38.4 Å². The molecule has 0 aliphatic rings. The number of carbonyl (C=O) groups is 3. The zero-order chi connectivity index (χ0) is 58.5. The van der Waals surface area contributed by atoms with Gasteiger partial charge in [-0.05, 0) is 154 Å². The molecule has 0 saturated heterocycles. The largest absolute Gasteiger partial charge is 0.462 e. The van der Waals surface area contributed by atoms with Crippen molar-refractivity contribution in [2.45, 2.75) is 207 Å². The molecule has 0 rings (SSSR count). The number of hydrogen-bond donors (Lipinski definition) is 0. The van der Waals surface area contributed by atoms with Gasteiger partial charge in [0.15, 0.2) is 6.10 Å². The second-order valence-corrected chi connectivity index (χ2v) is 19.1. The molecule has 0 amide bonds. The van der Waals surface area contributed by atoms with Gasteiger partial charge in [-0.15, -0.1) is 0 Å². The Hall–Kier alpha value is -6.53. The number of unbranched alkanes of at least 4 members (excludes halogenated alkanes) is 3. The minimum absolute atomic E-state index is 0.164. The van der Waals surface area contributed by atoms with E-state index >= 15 is 0 Å². The monoisotopic (exact) mass is 1100 g/mol. The molecule has 0 heterocycles. The van der Waals surface area contributed by atoms with Crippen molar-refractivity contribution in [1.29, 1.82) is 0 Å². The predicted molar refractivity (Wildman–Crippen MR) is 352 cm³/mol. The minimum Gasteiger partial charge on any atom is -0.462 e. The van der Waals surface area contributed by atoms with Crippen molar-refractivity contribution < 1.29 is 28.6 Å². The summed E-state index contributed by atoms with van der Waals surface area (Å²) in [5.41, 5.74) is 0. The van der Waals surface area contributed by atoms with Crippen LogP contribution in [0, 0.1) is 0 Å². The first-order chi connectivity index (χ1) is 40.0. The van der Waals surface area contributed by atoms with E-state index in [1.54, 1.807) is 0 Å². The van der Waals surface area contributed by atoms with Gasteiger partial charge in [0, 0.05) is 19.3 Å². The Bertz CT molecular complexity index is 2090. The average molecular weight is 1110 g/mol. The summed E-state index contributed by atoms with van der Waals surface area (Å²) in [5.74, 6) is -1.18. The van der Waals surface area contributed by atoms with Crippen molar-refractivity contribution in [2.24, 2.45) is 0 Å². The molecule has 0 aliphatic heterocycles. The predicted octanol–water partition coefficient (Wildman–Crippen LogP) is 21.5. The van der Waals surface area contributed by atoms with Crippen LogP contribution >= 0.6 is 0 Å². The van der Waals surface area contributed by atoms with Gasteiger partial charge in [0.2, 0.25) is 0 Å². The molecular formula is C75H108O6.